The Kier molecular flexibility index (Phi) is 9.07. The monoisotopic (exact) mass is 637 g/mol. The summed E-state index contributed by atoms with van der Waals surface area (Å²) in [5, 5.41) is 34.8. The smallest absolute Gasteiger partial charge is 0.390 e. The third-order valence-electron chi connectivity index (χ3n) is 12.7. The molecule has 42 heavy (non-hydrogen) atoms. The van der Waals surface area contributed by atoms with Gasteiger partial charge in [-0.05, 0) is 78.4 Å². The highest BCUT2D eigenvalue weighted by atomic mass is 32.3. The quantitative estimate of drug-likeness (QED) is 0.237. The van der Waals surface area contributed by atoms with E-state index in [1.165, 1.54) is 7.11 Å². The maximum absolute atomic E-state index is 12.8. The number of fused-ring (bicyclic) bond motifs is 7. The van der Waals surface area contributed by atoms with Crippen molar-refractivity contribution in [1.29, 1.82) is 0 Å². The Hall–Kier alpha value is -0.270. The lowest BCUT2D eigenvalue weighted by Gasteiger charge is -2.64. The molecule has 4 aliphatic carbocycles. The molecule has 5 aliphatic rings. The van der Waals surface area contributed by atoms with Crippen molar-refractivity contribution in [1.82, 2.24) is 0 Å². The van der Waals surface area contributed by atoms with Gasteiger partial charge >= 0.3 is 18.7 Å². The Morgan fingerprint density at radius 2 is 1.60 bits per heavy atom. The van der Waals surface area contributed by atoms with Crippen molar-refractivity contribution in [3.05, 3.63) is 0 Å². The zero-order valence-corrected chi connectivity index (χ0v) is 27.4. The molecule has 0 aromatic carbocycles. The third-order valence-corrected chi connectivity index (χ3v) is 13.9. The number of ether oxygens (including phenoxy) is 1. The highest BCUT2D eigenvalue weighted by Crippen LogP contribution is 2.70. The first-order chi connectivity index (χ1) is 19.5. The summed E-state index contributed by atoms with van der Waals surface area (Å²) in [7, 11) is -5.93. The van der Waals surface area contributed by atoms with Gasteiger partial charge in [-0.3, -0.25) is 4.55 Å². The van der Waals surface area contributed by atoms with Crippen LogP contribution < -0.4 is 0 Å². The number of hydrogen-bond donors (Lipinski definition) is 4. The van der Waals surface area contributed by atoms with Gasteiger partial charge in [-0.15, -0.1) is 9.05 Å². The Bertz CT molecular complexity index is 1140. The van der Waals surface area contributed by atoms with E-state index in [1.54, 1.807) is 0 Å². The Morgan fingerprint density at radius 1 is 0.952 bits per heavy atom. The molecule has 0 aromatic rings. The SMILES string of the molecule is CO[P+](=O)OC1C2OC(C(C)C(C)C)CC(C)C2C2(C)CCC3C(C(O)C(O)C4C(O)C(OS(=O)(=O)O)CCC34C)C12. The fraction of sp³-hybridized carbons (Fsp3) is 1.00. The fourth-order valence-corrected chi connectivity index (χ4v) is 11.6. The number of hydrogen-bond acceptors (Lipinski definition) is 10. The van der Waals surface area contributed by atoms with Gasteiger partial charge in [-0.25, -0.2) is 4.18 Å². The van der Waals surface area contributed by atoms with Crippen LogP contribution in [-0.2, 0) is 32.9 Å². The van der Waals surface area contributed by atoms with Crippen molar-refractivity contribution in [3.8, 4) is 0 Å². The fourth-order valence-electron chi connectivity index (χ4n) is 10.6. The van der Waals surface area contributed by atoms with E-state index in [0.717, 1.165) is 19.3 Å². The Labute approximate surface area is 250 Å². The highest BCUT2D eigenvalue weighted by molar-refractivity contribution is 7.80. The average molecular weight is 638 g/mol. The molecular formula is C29H50O11PS+. The maximum Gasteiger partial charge on any atom is 0.697 e. The van der Waals surface area contributed by atoms with Crippen LogP contribution >= 0.6 is 8.25 Å². The van der Waals surface area contributed by atoms with Crippen molar-refractivity contribution in [2.24, 2.45) is 58.2 Å². The van der Waals surface area contributed by atoms with Crippen LogP contribution in [0.5, 0.6) is 0 Å². The largest absolute Gasteiger partial charge is 0.697 e. The molecule has 1 saturated heterocycles. The van der Waals surface area contributed by atoms with Crippen molar-refractivity contribution in [3.63, 3.8) is 0 Å². The summed E-state index contributed by atoms with van der Waals surface area (Å²) >= 11 is 0. The van der Waals surface area contributed by atoms with Crippen LogP contribution in [-0.4, -0.2) is 78.1 Å². The lowest BCUT2D eigenvalue weighted by Crippen LogP contribution is -2.68. The molecule has 5 rings (SSSR count). The summed E-state index contributed by atoms with van der Waals surface area (Å²) in [5.41, 5.74) is -0.994. The molecule has 4 N–H and O–H groups in total. The molecule has 17 unspecified atom stereocenters. The van der Waals surface area contributed by atoms with Crippen LogP contribution in [0.3, 0.4) is 0 Å². The molecule has 11 nitrogen and oxygen atoms in total. The molecule has 1 heterocycles. The van der Waals surface area contributed by atoms with Crippen LogP contribution in [0.1, 0.15) is 73.6 Å². The van der Waals surface area contributed by atoms with E-state index < -0.39 is 66.4 Å². The minimum Gasteiger partial charge on any atom is -0.390 e. The molecule has 0 amide bonds. The molecule has 0 spiro atoms. The number of aliphatic hydroxyl groups is 3. The van der Waals surface area contributed by atoms with E-state index in [-0.39, 0.29) is 47.7 Å². The van der Waals surface area contributed by atoms with Gasteiger partial charge in [0, 0.05) is 16.4 Å². The van der Waals surface area contributed by atoms with Crippen LogP contribution in [0, 0.1) is 58.2 Å². The standard InChI is InChI=1S/C29H49O11PS/c1-13(2)15(4)18-12-14(3)20-26(38-18)27(39-41(33)37-7)21-19-16(8-10-29(20,21)6)28(5)11-9-17(40-42(34,35)36)23(30)22(28)25(32)24(19)31/h13-27,30-32H,8-12H2,1-7H3/p+1. The van der Waals surface area contributed by atoms with E-state index in [9.17, 15) is 32.9 Å². The summed E-state index contributed by atoms with van der Waals surface area (Å²) in [6, 6.07) is 0. The van der Waals surface area contributed by atoms with Gasteiger partial charge in [-0.2, -0.15) is 8.42 Å². The van der Waals surface area contributed by atoms with Crippen molar-refractivity contribution in [2.45, 2.75) is 116 Å². The van der Waals surface area contributed by atoms with Crippen molar-refractivity contribution < 1.29 is 50.8 Å². The molecule has 1 aliphatic heterocycles. The molecule has 4 saturated carbocycles. The van der Waals surface area contributed by atoms with E-state index >= 15 is 0 Å². The summed E-state index contributed by atoms with van der Waals surface area (Å²) in [6.07, 6.45) is -3.25. The number of rotatable bonds is 7. The topological polar surface area (TPSA) is 169 Å². The number of aliphatic hydroxyl groups excluding tert-OH is 3. The van der Waals surface area contributed by atoms with Gasteiger partial charge in [0.1, 0.15) is 12.2 Å². The van der Waals surface area contributed by atoms with Gasteiger partial charge in [0.2, 0.25) is 0 Å². The maximum atomic E-state index is 12.8. The minimum atomic E-state index is -4.82. The molecule has 13 heteroatoms. The molecule has 0 aromatic heterocycles. The second-order valence-corrected chi connectivity index (χ2v) is 16.9. The second kappa shape index (κ2) is 11.5. The minimum absolute atomic E-state index is 0.00400. The second-order valence-electron chi connectivity index (χ2n) is 14.8. The summed E-state index contributed by atoms with van der Waals surface area (Å²) in [4.78, 5) is 0. The average Bonchev–Trinajstić information content (AvgIpc) is 3.15. The first-order valence-electron chi connectivity index (χ1n) is 15.5. The molecule has 242 valence electrons. The highest BCUT2D eigenvalue weighted by Gasteiger charge is 2.73. The zero-order valence-electron chi connectivity index (χ0n) is 25.7. The van der Waals surface area contributed by atoms with E-state index in [2.05, 4.69) is 34.6 Å². The molecule has 0 bridgehead atoms. The van der Waals surface area contributed by atoms with Gasteiger partial charge in [0.05, 0.1) is 37.6 Å². The first kappa shape index (κ1) is 33.1. The predicted molar refractivity (Wildman–Crippen MR) is 153 cm³/mol. The normalized spacial score (nSPS) is 51.7. The third kappa shape index (κ3) is 5.23. The van der Waals surface area contributed by atoms with Crippen molar-refractivity contribution >= 4 is 18.7 Å². The van der Waals surface area contributed by atoms with Crippen LogP contribution in [0.25, 0.3) is 0 Å². The zero-order chi connectivity index (χ0) is 31.1. The molecule has 0 radical (unpaired) electrons. The first-order valence-corrected chi connectivity index (χ1v) is 18.0. The van der Waals surface area contributed by atoms with Gasteiger partial charge in [0.25, 0.3) is 0 Å². The molecule has 17 atom stereocenters. The Balaban J connectivity index is 1.54. The van der Waals surface area contributed by atoms with Crippen LogP contribution in [0.2, 0.25) is 0 Å². The van der Waals surface area contributed by atoms with E-state index in [1.807, 2.05) is 6.92 Å². The molecular weight excluding hydrogens is 587 g/mol. The lowest BCUT2D eigenvalue weighted by molar-refractivity contribution is -0.253. The summed E-state index contributed by atoms with van der Waals surface area (Å²) in [6.45, 7) is 13.0. The van der Waals surface area contributed by atoms with Crippen LogP contribution in [0.15, 0.2) is 0 Å². The van der Waals surface area contributed by atoms with Gasteiger partial charge in [0.15, 0.2) is 0 Å². The van der Waals surface area contributed by atoms with Gasteiger partial charge in [-0.1, -0.05) is 41.5 Å². The predicted octanol–water partition coefficient (Wildman–Crippen LogP) is 3.74. The van der Waals surface area contributed by atoms with E-state index in [0.29, 0.717) is 18.3 Å². The lowest BCUT2D eigenvalue weighted by atomic mass is 9.42. The van der Waals surface area contributed by atoms with Crippen molar-refractivity contribution in [2.75, 3.05) is 7.11 Å². The summed E-state index contributed by atoms with van der Waals surface area (Å²) < 4.78 is 68.0. The van der Waals surface area contributed by atoms with Gasteiger partial charge < -0.3 is 20.1 Å². The van der Waals surface area contributed by atoms with Crippen LogP contribution in [0.4, 0.5) is 0 Å². The Morgan fingerprint density at radius 3 is 2.19 bits per heavy atom. The molecule has 5 fully saturated rings. The van der Waals surface area contributed by atoms with E-state index in [4.69, 9.17) is 18.0 Å². The summed E-state index contributed by atoms with van der Waals surface area (Å²) in [5.74, 6) is -0.675.